The predicted octanol–water partition coefficient (Wildman–Crippen LogP) is 2.94. The van der Waals surface area contributed by atoms with Crippen molar-refractivity contribution in [1.29, 1.82) is 0 Å². The van der Waals surface area contributed by atoms with Crippen molar-refractivity contribution in [2.24, 2.45) is 0 Å². The lowest BCUT2D eigenvalue weighted by Gasteiger charge is -2.26. The van der Waals surface area contributed by atoms with Crippen molar-refractivity contribution in [3.05, 3.63) is 23.2 Å². The SMILES string of the molecule is CCCNCc1cc(CN(CC)C(C)COC)c(C)o1. The number of likely N-dealkylation sites (N-methyl/N-ethyl adjacent to an activating group) is 1. The van der Waals surface area contributed by atoms with Gasteiger partial charge in [-0.15, -0.1) is 0 Å². The molecule has 1 aromatic rings. The van der Waals surface area contributed by atoms with Crippen LogP contribution in [0.1, 0.15) is 44.3 Å². The van der Waals surface area contributed by atoms with E-state index in [0.717, 1.165) is 50.7 Å². The Balaban J connectivity index is 2.61. The van der Waals surface area contributed by atoms with Gasteiger partial charge in [-0.3, -0.25) is 4.90 Å². The Labute approximate surface area is 123 Å². The monoisotopic (exact) mass is 282 g/mol. The van der Waals surface area contributed by atoms with E-state index in [-0.39, 0.29) is 0 Å². The van der Waals surface area contributed by atoms with Gasteiger partial charge in [-0.25, -0.2) is 0 Å². The van der Waals surface area contributed by atoms with Crippen LogP contribution in [-0.2, 0) is 17.8 Å². The van der Waals surface area contributed by atoms with Gasteiger partial charge in [0, 0.05) is 25.3 Å². The maximum Gasteiger partial charge on any atom is 0.118 e. The Morgan fingerprint density at radius 3 is 2.75 bits per heavy atom. The number of nitrogens with zero attached hydrogens (tertiary/aromatic N) is 1. The average molecular weight is 282 g/mol. The van der Waals surface area contributed by atoms with Crippen LogP contribution in [0.5, 0.6) is 0 Å². The van der Waals surface area contributed by atoms with Crippen molar-refractivity contribution in [2.45, 2.75) is 53.2 Å². The van der Waals surface area contributed by atoms with Gasteiger partial charge in [0.25, 0.3) is 0 Å². The molecule has 0 spiro atoms. The predicted molar refractivity (Wildman–Crippen MR) is 82.9 cm³/mol. The lowest BCUT2D eigenvalue weighted by Crippen LogP contribution is -2.35. The van der Waals surface area contributed by atoms with Gasteiger partial charge in [0.05, 0.1) is 13.2 Å². The van der Waals surface area contributed by atoms with E-state index in [1.807, 2.05) is 6.92 Å². The maximum absolute atomic E-state index is 5.83. The Morgan fingerprint density at radius 1 is 1.40 bits per heavy atom. The number of rotatable bonds is 10. The zero-order chi connectivity index (χ0) is 15.0. The van der Waals surface area contributed by atoms with E-state index in [0.29, 0.717) is 6.04 Å². The number of methoxy groups -OCH3 is 1. The van der Waals surface area contributed by atoms with E-state index in [4.69, 9.17) is 9.15 Å². The summed E-state index contributed by atoms with van der Waals surface area (Å²) < 4.78 is 11.1. The Bertz CT molecular complexity index is 377. The van der Waals surface area contributed by atoms with E-state index in [1.165, 1.54) is 5.56 Å². The molecule has 1 unspecified atom stereocenters. The van der Waals surface area contributed by atoms with E-state index in [9.17, 15) is 0 Å². The Morgan fingerprint density at radius 2 is 2.15 bits per heavy atom. The van der Waals surface area contributed by atoms with Crippen LogP contribution in [0.2, 0.25) is 0 Å². The van der Waals surface area contributed by atoms with Crippen LogP contribution >= 0.6 is 0 Å². The van der Waals surface area contributed by atoms with Crippen LogP contribution in [0.3, 0.4) is 0 Å². The summed E-state index contributed by atoms with van der Waals surface area (Å²) in [5.74, 6) is 2.06. The summed E-state index contributed by atoms with van der Waals surface area (Å²) in [5.41, 5.74) is 1.28. The second-order valence-corrected chi connectivity index (χ2v) is 5.34. The van der Waals surface area contributed by atoms with Gasteiger partial charge >= 0.3 is 0 Å². The molecule has 0 radical (unpaired) electrons. The molecule has 116 valence electrons. The molecule has 20 heavy (non-hydrogen) atoms. The van der Waals surface area contributed by atoms with Crippen LogP contribution in [0.25, 0.3) is 0 Å². The molecule has 1 rings (SSSR count). The highest BCUT2D eigenvalue weighted by atomic mass is 16.5. The first-order valence-corrected chi connectivity index (χ1v) is 7.64. The van der Waals surface area contributed by atoms with Gasteiger partial charge in [0.15, 0.2) is 0 Å². The molecule has 0 aliphatic rings. The van der Waals surface area contributed by atoms with Gasteiger partial charge < -0.3 is 14.5 Å². The Hall–Kier alpha value is -0.840. The number of hydrogen-bond donors (Lipinski definition) is 1. The summed E-state index contributed by atoms with van der Waals surface area (Å²) in [7, 11) is 1.75. The van der Waals surface area contributed by atoms with E-state index in [1.54, 1.807) is 7.11 Å². The molecule has 0 fully saturated rings. The molecule has 4 heteroatoms. The first-order valence-electron chi connectivity index (χ1n) is 7.64. The zero-order valence-corrected chi connectivity index (χ0v) is 13.7. The van der Waals surface area contributed by atoms with Crippen LogP contribution < -0.4 is 5.32 Å². The molecule has 1 atom stereocenters. The number of furan rings is 1. The second kappa shape index (κ2) is 9.16. The summed E-state index contributed by atoms with van der Waals surface area (Å²) in [6, 6.07) is 2.60. The van der Waals surface area contributed by atoms with E-state index < -0.39 is 0 Å². The lowest BCUT2D eigenvalue weighted by molar-refractivity contribution is 0.0979. The van der Waals surface area contributed by atoms with Crippen molar-refractivity contribution in [1.82, 2.24) is 10.2 Å². The van der Waals surface area contributed by atoms with Crippen molar-refractivity contribution in [3.8, 4) is 0 Å². The van der Waals surface area contributed by atoms with Gasteiger partial charge in [-0.05, 0) is 39.4 Å². The average Bonchev–Trinajstić information content (AvgIpc) is 2.77. The number of aryl methyl sites for hydroxylation is 1. The zero-order valence-electron chi connectivity index (χ0n) is 13.7. The number of hydrogen-bond acceptors (Lipinski definition) is 4. The van der Waals surface area contributed by atoms with Crippen LogP contribution in [0.4, 0.5) is 0 Å². The standard InChI is InChI=1S/C16H30N2O2/c1-6-8-17-10-16-9-15(14(4)20-16)11-18(7-2)13(3)12-19-5/h9,13,17H,6-8,10-12H2,1-5H3. The van der Waals surface area contributed by atoms with Crippen molar-refractivity contribution in [3.63, 3.8) is 0 Å². The molecule has 4 nitrogen and oxygen atoms in total. The highest BCUT2D eigenvalue weighted by Gasteiger charge is 2.15. The molecular weight excluding hydrogens is 252 g/mol. The summed E-state index contributed by atoms with van der Waals surface area (Å²) in [6.45, 7) is 13.1. The third kappa shape index (κ3) is 5.27. The largest absolute Gasteiger partial charge is 0.465 e. The molecule has 1 heterocycles. The highest BCUT2D eigenvalue weighted by Crippen LogP contribution is 2.18. The molecule has 1 N–H and O–H groups in total. The van der Waals surface area contributed by atoms with E-state index in [2.05, 4.69) is 37.1 Å². The smallest absolute Gasteiger partial charge is 0.118 e. The fraction of sp³-hybridized carbons (Fsp3) is 0.750. The molecule has 0 amide bonds. The molecule has 0 saturated carbocycles. The van der Waals surface area contributed by atoms with Gasteiger partial charge in [-0.2, -0.15) is 0 Å². The first kappa shape index (κ1) is 17.2. The Kier molecular flexibility index (Phi) is 7.88. The molecule has 0 saturated heterocycles. The quantitative estimate of drug-likeness (QED) is 0.670. The molecule has 1 aromatic heterocycles. The minimum atomic E-state index is 0.418. The minimum Gasteiger partial charge on any atom is -0.465 e. The maximum atomic E-state index is 5.83. The molecular formula is C16H30N2O2. The molecule has 0 bridgehead atoms. The van der Waals surface area contributed by atoms with Gasteiger partial charge in [0.1, 0.15) is 11.5 Å². The fourth-order valence-corrected chi connectivity index (χ4v) is 2.36. The van der Waals surface area contributed by atoms with Crippen LogP contribution in [0, 0.1) is 6.92 Å². The summed E-state index contributed by atoms with van der Waals surface area (Å²) >= 11 is 0. The summed E-state index contributed by atoms with van der Waals surface area (Å²) in [5, 5.41) is 3.37. The third-order valence-corrected chi connectivity index (χ3v) is 3.61. The van der Waals surface area contributed by atoms with E-state index >= 15 is 0 Å². The third-order valence-electron chi connectivity index (χ3n) is 3.61. The first-order chi connectivity index (χ1) is 9.62. The summed E-state index contributed by atoms with van der Waals surface area (Å²) in [4.78, 5) is 2.41. The van der Waals surface area contributed by atoms with Crippen molar-refractivity contribution in [2.75, 3.05) is 26.8 Å². The van der Waals surface area contributed by atoms with Crippen molar-refractivity contribution >= 4 is 0 Å². The second-order valence-electron chi connectivity index (χ2n) is 5.34. The topological polar surface area (TPSA) is 37.6 Å². The number of ether oxygens (including phenoxy) is 1. The number of nitrogens with one attached hydrogen (secondary N) is 1. The molecule has 0 aliphatic heterocycles. The molecule has 0 aliphatic carbocycles. The van der Waals surface area contributed by atoms with Crippen LogP contribution in [0.15, 0.2) is 10.5 Å². The minimum absolute atomic E-state index is 0.418. The van der Waals surface area contributed by atoms with Crippen molar-refractivity contribution < 1.29 is 9.15 Å². The van der Waals surface area contributed by atoms with Gasteiger partial charge in [0.2, 0.25) is 0 Å². The van der Waals surface area contributed by atoms with Gasteiger partial charge in [-0.1, -0.05) is 13.8 Å². The summed E-state index contributed by atoms with van der Waals surface area (Å²) in [6.07, 6.45) is 1.14. The lowest BCUT2D eigenvalue weighted by atomic mass is 10.2. The fourth-order valence-electron chi connectivity index (χ4n) is 2.36. The molecule has 0 aromatic carbocycles. The normalized spacial score (nSPS) is 13.1. The highest BCUT2D eigenvalue weighted by molar-refractivity contribution is 5.20. The van der Waals surface area contributed by atoms with Crippen LogP contribution in [-0.4, -0.2) is 37.7 Å².